The topological polar surface area (TPSA) is 55.8 Å². The summed E-state index contributed by atoms with van der Waals surface area (Å²) >= 11 is 0. The predicted molar refractivity (Wildman–Crippen MR) is 58.9 cm³/mol. The average Bonchev–Trinajstić information content (AvgIpc) is 2.35. The molecule has 84 valence electrons. The number of hydrogen-bond acceptors (Lipinski definition) is 4. The lowest BCUT2D eigenvalue weighted by Gasteiger charge is -2.08. The number of benzene rings is 1. The van der Waals surface area contributed by atoms with Gasteiger partial charge in [0.1, 0.15) is 18.1 Å². The zero-order chi connectivity index (χ0) is 12.0. The van der Waals surface area contributed by atoms with E-state index in [1.807, 2.05) is 0 Å². The Kier molecular flexibility index (Phi) is 4.37. The lowest BCUT2D eigenvalue weighted by Crippen LogP contribution is -1.95. The second kappa shape index (κ2) is 5.79. The summed E-state index contributed by atoms with van der Waals surface area (Å²) < 4.78 is 10.1. The first-order valence-electron chi connectivity index (χ1n) is 4.57. The quantitative estimate of drug-likeness (QED) is 0.606. The SMILES string of the molecule is COc1cc(C=O)c(OC)cc1C#CCO. The molecular formula is C12H12O4. The third-order valence-corrected chi connectivity index (χ3v) is 1.98. The van der Waals surface area contributed by atoms with E-state index in [9.17, 15) is 4.79 Å². The number of carbonyl (C=O) groups excluding carboxylic acids is 1. The molecule has 1 aromatic rings. The molecule has 0 aliphatic rings. The smallest absolute Gasteiger partial charge is 0.153 e. The molecule has 0 heterocycles. The van der Waals surface area contributed by atoms with Crippen LogP contribution in [0.1, 0.15) is 15.9 Å². The fourth-order valence-corrected chi connectivity index (χ4v) is 1.25. The van der Waals surface area contributed by atoms with Crippen LogP contribution in [-0.4, -0.2) is 32.2 Å². The van der Waals surface area contributed by atoms with Gasteiger partial charge in [-0.2, -0.15) is 0 Å². The van der Waals surface area contributed by atoms with E-state index in [4.69, 9.17) is 14.6 Å². The van der Waals surface area contributed by atoms with E-state index in [0.717, 1.165) is 0 Å². The highest BCUT2D eigenvalue weighted by atomic mass is 16.5. The zero-order valence-corrected chi connectivity index (χ0v) is 9.11. The van der Waals surface area contributed by atoms with Crippen molar-refractivity contribution in [2.45, 2.75) is 0 Å². The number of ether oxygens (including phenoxy) is 2. The molecule has 16 heavy (non-hydrogen) atoms. The molecule has 0 fully saturated rings. The van der Waals surface area contributed by atoms with E-state index >= 15 is 0 Å². The summed E-state index contributed by atoms with van der Waals surface area (Å²) in [6.45, 7) is -0.235. The molecule has 4 nitrogen and oxygen atoms in total. The van der Waals surface area contributed by atoms with Gasteiger partial charge in [0.15, 0.2) is 6.29 Å². The summed E-state index contributed by atoms with van der Waals surface area (Å²) in [6.07, 6.45) is 0.685. The van der Waals surface area contributed by atoms with Crippen LogP contribution in [0.25, 0.3) is 0 Å². The maximum absolute atomic E-state index is 10.8. The van der Waals surface area contributed by atoms with Crippen LogP contribution in [0.2, 0.25) is 0 Å². The van der Waals surface area contributed by atoms with Gasteiger partial charge in [0.2, 0.25) is 0 Å². The van der Waals surface area contributed by atoms with Gasteiger partial charge >= 0.3 is 0 Å². The Balaban J connectivity index is 3.31. The van der Waals surface area contributed by atoms with Crippen molar-refractivity contribution in [1.82, 2.24) is 0 Å². The molecule has 0 spiro atoms. The van der Waals surface area contributed by atoms with Crippen molar-refractivity contribution < 1.29 is 19.4 Å². The van der Waals surface area contributed by atoms with Crippen LogP contribution in [0.3, 0.4) is 0 Å². The third kappa shape index (κ3) is 2.53. The molecule has 0 aliphatic carbocycles. The van der Waals surface area contributed by atoms with Crippen molar-refractivity contribution >= 4 is 6.29 Å². The summed E-state index contributed by atoms with van der Waals surface area (Å²) in [4.78, 5) is 10.8. The maximum Gasteiger partial charge on any atom is 0.153 e. The highest BCUT2D eigenvalue weighted by Gasteiger charge is 2.08. The van der Waals surface area contributed by atoms with Gasteiger partial charge in [0, 0.05) is 6.07 Å². The standard InChI is InChI=1S/C12H12O4/c1-15-11-7-10(8-14)12(16-2)6-9(11)4-3-5-13/h6-8,13H,5H2,1-2H3. The number of aldehydes is 1. The third-order valence-electron chi connectivity index (χ3n) is 1.98. The molecule has 0 saturated carbocycles. The van der Waals surface area contributed by atoms with Crippen LogP contribution >= 0.6 is 0 Å². The molecule has 0 radical (unpaired) electrons. The van der Waals surface area contributed by atoms with E-state index in [-0.39, 0.29) is 6.61 Å². The number of aliphatic hydroxyl groups excluding tert-OH is 1. The Labute approximate surface area is 93.8 Å². The van der Waals surface area contributed by atoms with E-state index in [0.29, 0.717) is 28.9 Å². The molecule has 0 atom stereocenters. The molecular weight excluding hydrogens is 208 g/mol. The van der Waals surface area contributed by atoms with Crippen LogP contribution < -0.4 is 9.47 Å². The maximum atomic E-state index is 10.8. The number of hydrogen-bond donors (Lipinski definition) is 1. The Morgan fingerprint density at radius 3 is 2.50 bits per heavy atom. The molecule has 0 amide bonds. The van der Waals surface area contributed by atoms with E-state index in [1.54, 1.807) is 12.1 Å². The molecule has 0 aliphatic heterocycles. The van der Waals surface area contributed by atoms with Crippen LogP contribution in [0, 0.1) is 11.8 Å². The molecule has 0 saturated heterocycles. The van der Waals surface area contributed by atoms with Crippen molar-refractivity contribution in [2.24, 2.45) is 0 Å². The predicted octanol–water partition coefficient (Wildman–Crippen LogP) is 0.860. The van der Waals surface area contributed by atoms with Crippen LogP contribution in [-0.2, 0) is 0 Å². The first-order valence-corrected chi connectivity index (χ1v) is 4.57. The second-order valence-corrected chi connectivity index (χ2v) is 2.87. The Morgan fingerprint density at radius 2 is 2.00 bits per heavy atom. The largest absolute Gasteiger partial charge is 0.496 e. The van der Waals surface area contributed by atoms with Gasteiger partial charge in [-0.25, -0.2) is 0 Å². The van der Waals surface area contributed by atoms with Gasteiger partial charge in [-0.1, -0.05) is 11.8 Å². The van der Waals surface area contributed by atoms with E-state index in [1.165, 1.54) is 14.2 Å². The Hall–Kier alpha value is -1.99. The van der Waals surface area contributed by atoms with Gasteiger partial charge in [-0.3, -0.25) is 4.79 Å². The minimum atomic E-state index is -0.235. The molecule has 0 unspecified atom stereocenters. The van der Waals surface area contributed by atoms with Gasteiger partial charge in [-0.05, 0) is 6.07 Å². The fourth-order valence-electron chi connectivity index (χ4n) is 1.25. The van der Waals surface area contributed by atoms with Crippen molar-refractivity contribution in [2.75, 3.05) is 20.8 Å². The summed E-state index contributed by atoms with van der Waals surface area (Å²) in [5.41, 5.74) is 0.966. The summed E-state index contributed by atoms with van der Waals surface area (Å²) in [5.74, 6) is 6.13. The molecule has 0 bridgehead atoms. The average molecular weight is 220 g/mol. The first-order chi connectivity index (χ1) is 7.76. The number of rotatable bonds is 3. The molecule has 1 N–H and O–H groups in total. The zero-order valence-electron chi connectivity index (χ0n) is 9.11. The fraction of sp³-hybridized carbons (Fsp3) is 0.250. The second-order valence-electron chi connectivity index (χ2n) is 2.87. The van der Waals surface area contributed by atoms with Gasteiger partial charge in [-0.15, -0.1) is 0 Å². The van der Waals surface area contributed by atoms with E-state index < -0.39 is 0 Å². The summed E-state index contributed by atoms with van der Waals surface area (Å²) in [7, 11) is 2.96. The minimum absolute atomic E-state index is 0.235. The highest BCUT2D eigenvalue weighted by molar-refractivity contribution is 5.81. The van der Waals surface area contributed by atoms with E-state index in [2.05, 4.69) is 11.8 Å². The van der Waals surface area contributed by atoms with Crippen molar-refractivity contribution in [3.05, 3.63) is 23.3 Å². The number of carbonyl (C=O) groups is 1. The van der Waals surface area contributed by atoms with Crippen molar-refractivity contribution in [3.8, 4) is 23.3 Å². The normalized spacial score (nSPS) is 8.94. The summed E-state index contributed by atoms with van der Waals surface area (Å²) in [6, 6.07) is 3.15. The lowest BCUT2D eigenvalue weighted by molar-refractivity contribution is 0.112. The molecule has 1 rings (SSSR count). The van der Waals surface area contributed by atoms with Crippen LogP contribution in [0.5, 0.6) is 11.5 Å². The van der Waals surface area contributed by atoms with Gasteiger partial charge in [0.25, 0.3) is 0 Å². The summed E-state index contributed by atoms with van der Waals surface area (Å²) in [5, 5.41) is 8.62. The van der Waals surface area contributed by atoms with Gasteiger partial charge < -0.3 is 14.6 Å². The first kappa shape index (κ1) is 12.1. The molecule has 4 heteroatoms. The molecule has 1 aromatic carbocycles. The lowest BCUT2D eigenvalue weighted by atomic mass is 10.1. The van der Waals surface area contributed by atoms with Crippen LogP contribution in [0.15, 0.2) is 12.1 Å². The van der Waals surface area contributed by atoms with Crippen molar-refractivity contribution in [3.63, 3.8) is 0 Å². The number of methoxy groups -OCH3 is 2. The highest BCUT2D eigenvalue weighted by Crippen LogP contribution is 2.27. The molecule has 0 aromatic heterocycles. The number of aliphatic hydroxyl groups is 1. The van der Waals surface area contributed by atoms with Crippen molar-refractivity contribution in [1.29, 1.82) is 0 Å². The minimum Gasteiger partial charge on any atom is -0.496 e. The van der Waals surface area contributed by atoms with Crippen LogP contribution in [0.4, 0.5) is 0 Å². The Bertz CT molecular complexity index is 440. The monoisotopic (exact) mass is 220 g/mol. The Morgan fingerprint density at radius 1 is 1.31 bits per heavy atom. The van der Waals surface area contributed by atoms with Gasteiger partial charge in [0.05, 0.1) is 25.3 Å².